The number of anilines is 1. The zero-order valence-electron chi connectivity index (χ0n) is 23.8. The summed E-state index contributed by atoms with van der Waals surface area (Å²) >= 11 is 0. The summed E-state index contributed by atoms with van der Waals surface area (Å²) in [6.07, 6.45) is 3.95. The van der Waals surface area contributed by atoms with Gasteiger partial charge in [0.15, 0.2) is 16.9 Å². The molecule has 1 amide bonds. The van der Waals surface area contributed by atoms with Gasteiger partial charge in [0, 0.05) is 16.5 Å². The van der Waals surface area contributed by atoms with Crippen LogP contribution in [0.5, 0.6) is 11.5 Å². The molecule has 0 saturated heterocycles. The number of nitrogens with one attached hydrogen (secondary N) is 3. The maximum absolute atomic E-state index is 14.4. The minimum absolute atomic E-state index is 0.0905. The molecule has 0 aliphatic heterocycles. The van der Waals surface area contributed by atoms with Crippen molar-refractivity contribution in [1.82, 2.24) is 10.3 Å². The molecule has 0 saturated carbocycles. The summed E-state index contributed by atoms with van der Waals surface area (Å²) in [4.78, 5) is 29.1. The number of carbonyl (C=O) groups is 1. The molecular formula is C34H34FN3O4. The first-order valence-corrected chi connectivity index (χ1v) is 14.0. The highest BCUT2D eigenvalue weighted by atomic mass is 19.1. The van der Waals surface area contributed by atoms with E-state index < -0.39 is 5.82 Å². The first kappa shape index (κ1) is 28.8. The van der Waals surface area contributed by atoms with Crippen molar-refractivity contribution < 1.29 is 18.7 Å². The van der Waals surface area contributed by atoms with Crippen molar-refractivity contribution in [3.05, 3.63) is 112 Å². The Morgan fingerprint density at radius 3 is 2.26 bits per heavy atom. The molecule has 0 aliphatic carbocycles. The number of hydrogen-bond acceptors (Lipinski definition) is 5. The quantitative estimate of drug-likeness (QED) is 0.123. The summed E-state index contributed by atoms with van der Waals surface area (Å²) in [5.41, 5.74) is 3.40. The molecule has 1 heterocycles. The number of halogens is 1. The lowest BCUT2D eigenvalue weighted by molar-refractivity contribution is 0.102. The van der Waals surface area contributed by atoms with E-state index in [1.54, 1.807) is 38.5 Å². The summed E-state index contributed by atoms with van der Waals surface area (Å²) in [6.45, 7) is 1.83. The SMILES string of the molecule is COc1ccc(CCNCCCCc2ccc(NC(=O)c3cccc4c(=O)c5cccc(F)c5[nH]c34)cc2)cc1OC. The van der Waals surface area contributed by atoms with Crippen molar-refractivity contribution in [2.45, 2.75) is 25.7 Å². The molecule has 5 aromatic rings. The second-order valence-corrected chi connectivity index (χ2v) is 10.1. The summed E-state index contributed by atoms with van der Waals surface area (Å²) in [7, 11) is 3.28. The van der Waals surface area contributed by atoms with E-state index >= 15 is 0 Å². The van der Waals surface area contributed by atoms with Crippen LogP contribution in [0, 0.1) is 5.82 Å². The summed E-state index contributed by atoms with van der Waals surface area (Å²) in [6, 6.07) is 23.0. The number of ether oxygens (including phenoxy) is 2. The average Bonchev–Trinajstić information content (AvgIpc) is 3.01. The lowest BCUT2D eigenvalue weighted by atomic mass is 10.1. The van der Waals surface area contributed by atoms with Crippen LogP contribution in [-0.2, 0) is 12.8 Å². The van der Waals surface area contributed by atoms with Crippen molar-refractivity contribution >= 4 is 33.4 Å². The van der Waals surface area contributed by atoms with Gasteiger partial charge in [0.1, 0.15) is 5.82 Å². The van der Waals surface area contributed by atoms with Crippen LogP contribution in [0.2, 0.25) is 0 Å². The smallest absolute Gasteiger partial charge is 0.257 e. The van der Waals surface area contributed by atoms with Gasteiger partial charge < -0.3 is 25.1 Å². The van der Waals surface area contributed by atoms with Gasteiger partial charge >= 0.3 is 0 Å². The number of rotatable bonds is 12. The van der Waals surface area contributed by atoms with Crippen LogP contribution in [0.1, 0.15) is 34.3 Å². The lowest BCUT2D eigenvalue weighted by Gasteiger charge is -2.11. The van der Waals surface area contributed by atoms with Gasteiger partial charge in [0.25, 0.3) is 5.91 Å². The van der Waals surface area contributed by atoms with Crippen molar-refractivity contribution in [2.24, 2.45) is 0 Å². The maximum Gasteiger partial charge on any atom is 0.257 e. The Labute approximate surface area is 243 Å². The van der Waals surface area contributed by atoms with Crippen LogP contribution in [0.15, 0.2) is 83.7 Å². The molecule has 42 heavy (non-hydrogen) atoms. The number of aromatic amines is 1. The molecule has 0 spiro atoms. The third kappa shape index (κ3) is 6.44. The van der Waals surface area contributed by atoms with Crippen molar-refractivity contribution in [2.75, 3.05) is 32.6 Å². The molecule has 7 nitrogen and oxygen atoms in total. The Kier molecular flexibility index (Phi) is 9.14. The number of pyridine rings is 1. The topological polar surface area (TPSA) is 92.5 Å². The van der Waals surface area contributed by atoms with Crippen LogP contribution >= 0.6 is 0 Å². The molecule has 0 unspecified atom stereocenters. The van der Waals surface area contributed by atoms with Crippen LogP contribution in [0.25, 0.3) is 21.8 Å². The molecule has 0 fully saturated rings. The first-order valence-electron chi connectivity index (χ1n) is 14.0. The third-order valence-electron chi connectivity index (χ3n) is 7.38. The number of carbonyl (C=O) groups excluding carboxylic acids is 1. The van der Waals surface area contributed by atoms with Gasteiger partial charge in [0.2, 0.25) is 0 Å². The fraction of sp³-hybridized carbons (Fsp3) is 0.235. The largest absolute Gasteiger partial charge is 0.493 e. The minimum Gasteiger partial charge on any atom is -0.493 e. The number of methoxy groups -OCH3 is 2. The normalized spacial score (nSPS) is 11.1. The van der Waals surface area contributed by atoms with Crippen molar-refractivity contribution in [1.29, 1.82) is 0 Å². The Morgan fingerprint density at radius 2 is 1.50 bits per heavy atom. The number of benzene rings is 4. The van der Waals surface area contributed by atoms with E-state index in [0.29, 0.717) is 16.6 Å². The van der Waals surface area contributed by atoms with E-state index in [2.05, 4.69) is 21.7 Å². The van der Waals surface area contributed by atoms with E-state index in [1.807, 2.05) is 36.4 Å². The average molecular weight is 568 g/mol. The van der Waals surface area contributed by atoms with Gasteiger partial charge in [-0.15, -0.1) is 0 Å². The molecule has 0 aliphatic rings. The van der Waals surface area contributed by atoms with Gasteiger partial charge in [0.05, 0.1) is 30.8 Å². The molecule has 0 atom stereocenters. The Balaban J connectivity index is 1.11. The molecular weight excluding hydrogens is 533 g/mol. The second kappa shape index (κ2) is 13.3. The summed E-state index contributed by atoms with van der Waals surface area (Å²) in [5, 5.41) is 6.99. The Bertz CT molecular complexity index is 1770. The van der Waals surface area contributed by atoms with E-state index in [1.165, 1.54) is 23.3 Å². The number of H-pyrrole nitrogens is 1. The van der Waals surface area contributed by atoms with E-state index in [-0.39, 0.29) is 27.8 Å². The highest BCUT2D eigenvalue weighted by Crippen LogP contribution is 2.27. The van der Waals surface area contributed by atoms with Crippen LogP contribution < -0.4 is 25.5 Å². The molecule has 3 N–H and O–H groups in total. The van der Waals surface area contributed by atoms with E-state index in [4.69, 9.17) is 9.47 Å². The van der Waals surface area contributed by atoms with Crippen molar-refractivity contribution in [3.63, 3.8) is 0 Å². The number of aromatic nitrogens is 1. The molecule has 4 aromatic carbocycles. The fourth-order valence-corrected chi connectivity index (χ4v) is 5.10. The van der Waals surface area contributed by atoms with Crippen molar-refractivity contribution in [3.8, 4) is 11.5 Å². The Morgan fingerprint density at radius 1 is 0.786 bits per heavy atom. The molecule has 0 bridgehead atoms. The summed E-state index contributed by atoms with van der Waals surface area (Å²) in [5.74, 6) is 0.566. The lowest BCUT2D eigenvalue weighted by Crippen LogP contribution is -2.18. The molecule has 216 valence electrons. The van der Waals surface area contributed by atoms with Gasteiger partial charge in [-0.05, 0) is 98.4 Å². The number of fused-ring (bicyclic) bond motifs is 2. The van der Waals surface area contributed by atoms with E-state index in [9.17, 15) is 14.0 Å². The Hall–Kier alpha value is -4.69. The van der Waals surface area contributed by atoms with Crippen LogP contribution in [-0.4, -0.2) is 38.2 Å². The molecule has 1 aromatic heterocycles. The molecule has 5 rings (SSSR count). The van der Waals surface area contributed by atoms with Gasteiger partial charge in [-0.2, -0.15) is 0 Å². The highest BCUT2D eigenvalue weighted by molar-refractivity contribution is 6.13. The van der Waals surface area contributed by atoms with Crippen LogP contribution in [0.3, 0.4) is 0 Å². The van der Waals surface area contributed by atoms with Gasteiger partial charge in [-0.25, -0.2) is 4.39 Å². The maximum atomic E-state index is 14.4. The fourth-order valence-electron chi connectivity index (χ4n) is 5.10. The minimum atomic E-state index is -0.539. The number of amides is 1. The van der Waals surface area contributed by atoms with Crippen LogP contribution in [0.4, 0.5) is 10.1 Å². The molecule has 8 heteroatoms. The number of aryl methyl sites for hydroxylation is 1. The standard InChI is InChI=1S/C34H34FN3O4/c1-41-29-17-14-23(21-30(29)42-2)18-20-36-19-4-3-7-22-12-15-24(16-13-22)37-34(40)27-10-5-8-25-31(27)38-32-26(33(25)39)9-6-11-28(32)35/h5-6,8-17,21,36H,3-4,7,18-20H2,1-2H3,(H,37,40)(H,38,39). The third-order valence-corrected chi connectivity index (χ3v) is 7.38. The number of hydrogen-bond donors (Lipinski definition) is 3. The highest BCUT2D eigenvalue weighted by Gasteiger charge is 2.15. The number of para-hydroxylation sites is 2. The zero-order chi connectivity index (χ0) is 29.5. The predicted molar refractivity (Wildman–Crippen MR) is 165 cm³/mol. The molecule has 0 radical (unpaired) electrons. The summed E-state index contributed by atoms with van der Waals surface area (Å²) < 4.78 is 25.1. The zero-order valence-corrected chi connectivity index (χ0v) is 23.8. The van der Waals surface area contributed by atoms with Gasteiger partial charge in [-0.3, -0.25) is 9.59 Å². The van der Waals surface area contributed by atoms with Gasteiger partial charge in [-0.1, -0.05) is 30.3 Å². The predicted octanol–water partition coefficient (Wildman–Crippen LogP) is 6.24. The monoisotopic (exact) mass is 567 g/mol. The second-order valence-electron chi connectivity index (χ2n) is 10.1. The number of unbranched alkanes of at least 4 members (excludes halogenated alkanes) is 1. The first-order chi connectivity index (χ1) is 20.5. The van der Waals surface area contributed by atoms with E-state index in [0.717, 1.165) is 50.3 Å².